The number of H-pyrrole nitrogens is 1. The van der Waals surface area contributed by atoms with Crippen molar-refractivity contribution in [3.63, 3.8) is 0 Å². The minimum Gasteiger partial charge on any atom is -0.474 e. The van der Waals surface area contributed by atoms with Gasteiger partial charge in [0.15, 0.2) is 0 Å². The maximum absolute atomic E-state index is 14.2. The van der Waals surface area contributed by atoms with Gasteiger partial charge in [-0.2, -0.15) is 4.98 Å². The Labute approximate surface area is 375 Å². The van der Waals surface area contributed by atoms with Crippen LogP contribution in [0, 0.1) is 15.5 Å². The fourth-order valence-corrected chi connectivity index (χ4v) is 9.90. The molecule has 4 aliphatic rings. The number of allylic oxidation sites excluding steroid dienone is 1. The van der Waals surface area contributed by atoms with Crippen LogP contribution in [0.25, 0.3) is 16.6 Å². The minimum absolute atomic E-state index is 0.0163. The second kappa shape index (κ2) is 18.0. The number of rotatable bonds is 12. The molecule has 0 radical (unpaired) electrons. The number of carbonyl (C=O) groups excluding carboxylic acids is 1. The maximum atomic E-state index is 14.2. The van der Waals surface area contributed by atoms with Gasteiger partial charge in [-0.15, -0.1) is 0 Å². The highest BCUT2D eigenvalue weighted by atomic mass is 35.5. The minimum atomic E-state index is -4.61. The average molecular weight is 912 g/mol. The summed E-state index contributed by atoms with van der Waals surface area (Å²) in [6.45, 7) is 10.4. The van der Waals surface area contributed by atoms with Crippen molar-refractivity contribution >= 4 is 72.8 Å². The van der Waals surface area contributed by atoms with Gasteiger partial charge in [-0.05, 0) is 84.3 Å². The molecular weight excluding hydrogens is 862 g/mol. The van der Waals surface area contributed by atoms with Crippen LogP contribution in [0.3, 0.4) is 0 Å². The molecule has 1 amide bonds. The van der Waals surface area contributed by atoms with Crippen molar-refractivity contribution in [3.8, 4) is 5.88 Å². The molecule has 19 heteroatoms. The number of ether oxygens (including phenoxy) is 3. The Morgan fingerprint density at radius 1 is 1.00 bits per heavy atom. The largest absolute Gasteiger partial charge is 0.474 e. The number of hydrogen-bond acceptors (Lipinski definition) is 14. The molecule has 336 valence electrons. The van der Waals surface area contributed by atoms with Gasteiger partial charge in [0.25, 0.3) is 21.6 Å². The van der Waals surface area contributed by atoms with E-state index in [1.807, 2.05) is 29.2 Å². The van der Waals surface area contributed by atoms with E-state index in [2.05, 4.69) is 55.8 Å². The van der Waals surface area contributed by atoms with Crippen LogP contribution in [-0.4, -0.2) is 117 Å². The Hall–Kier alpha value is -5.79. The van der Waals surface area contributed by atoms with E-state index >= 15 is 0 Å². The number of fused-ring (bicyclic) bond motifs is 2. The number of benzene rings is 2. The van der Waals surface area contributed by atoms with Crippen molar-refractivity contribution in [1.82, 2.24) is 24.6 Å². The first-order valence-corrected chi connectivity index (χ1v) is 23.3. The standard InChI is InChI=1S/C45H50ClN9O8S/c1-45(2)13-11-31(36(25-45)29-3-5-32(46)6-4-29)27-52-15-17-53(18-16-52)40-10-8-35(42(49-40)54-19-20-63-44-39(54)23-30-12-14-47-41(30)50-44)43(56)51-64(59,60)34-7-9-37(38(24-34)55(57)58)48-26-33-28-61-21-22-62-33/h3-10,12,14,23-24,33,48H,11,13,15-22,25-28H2,1-2H3,(H,47,50)(H,51,56)/t33-/m0/s1. The summed E-state index contributed by atoms with van der Waals surface area (Å²) in [6.07, 6.45) is 4.61. The van der Waals surface area contributed by atoms with Crippen molar-refractivity contribution in [2.75, 3.05) is 87.4 Å². The zero-order chi connectivity index (χ0) is 44.6. The number of piperazine rings is 1. The molecule has 3 aromatic heterocycles. The molecule has 64 heavy (non-hydrogen) atoms. The number of nitrogens with zero attached hydrogens (tertiary/aromatic N) is 6. The molecule has 0 bridgehead atoms. The second-order valence-corrected chi connectivity index (χ2v) is 19.4. The third-order valence-electron chi connectivity index (χ3n) is 12.3. The van der Waals surface area contributed by atoms with Crippen molar-refractivity contribution in [2.45, 2.75) is 44.1 Å². The molecule has 0 spiro atoms. The van der Waals surface area contributed by atoms with Crippen molar-refractivity contribution < 1.29 is 32.3 Å². The van der Waals surface area contributed by atoms with Crippen LogP contribution in [0.5, 0.6) is 5.88 Å². The number of hydrogen-bond donors (Lipinski definition) is 3. The Bertz CT molecular complexity index is 2710. The van der Waals surface area contributed by atoms with Crippen LogP contribution in [0.1, 0.15) is 49.0 Å². The molecule has 2 saturated heterocycles. The van der Waals surface area contributed by atoms with Crippen LogP contribution in [-0.2, 0) is 19.5 Å². The van der Waals surface area contributed by atoms with Gasteiger partial charge in [0, 0.05) is 61.9 Å². The average Bonchev–Trinajstić information content (AvgIpc) is 3.76. The number of carbonyl (C=O) groups is 1. The Morgan fingerprint density at radius 3 is 2.58 bits per heavy atom. The first kappa shape index (κ1) is 43.5. The lowest BCUT2D eigenvalue weighted by molar-refractivity contribution is -0.384. The monoisotopic (exact) mass is 911 g/mol. The van der Waals surface area contributed by atoms with Gasteiger partial charge >= 0.3 is 0 Å². The highest BCUT2D eigenvalue weighted by Gasteiger charge is 2.33. The van der Waals surface area contributed by atoms with E-state index in [0.717, 1.165) is 55.4 Å². The summed E-state index contributed by atoms with van der Waals surface area (Å²) in [4.78, 5) is 44.5. The highest BCUT2D eigenvalue weighted by Crippen LogP contribution is 2.44. The smallest absolute Gasteiger partial charge is 0.293 e. The first-order valence-electron chi connectivity index (χ1n) is 21.4. The highest BCUT2D eigenvalue weighted by molar-refractivity contribution is 7.90. The maximum Gasteiger partial charge on any atom is 0.293 e. The van der Waals surface area contributed by atoms with Crippen molar-refractivity contribution in [1.29, 1.82) is 0 Å². The summed E-state index contributed by atoms with van der Waals surface area (Å²) >= 11 is 6.26. The van der Waals surface area contributed by atoms with Crippen LogP contribution in [0.4, 0.5) is 28.7 Å². The summed E-state index contributed by atoms with van der Waals surface area (Å²) in [6, 6.07) is 18.7. The van der Waals surface area contributed by atoms with Gasteiger partial charge in [-0.1, -0.05) is 43.2 Å². The molecular formula is C45H50ClN9O8S. The van der Waals surface area contributed by atoms with Crippen LogP contribution >= 0.6 is 11.6 Å². The molecule has 3 N–H and O–H groups in total. The summed E-state index contributed by atoms with van der Waals surface area (Å²) in [7, 11) is -4.61. The van der Waals surface area contributed by atoms with E-state index in [1.165, 1.54) is 28.8 Å². The molecule has 17 nitrogen and oxygen atoms in total. The topological polar surface area (TPSA) is 197 Å². The molecule has 0 saturated carbocycles. The third kappa shape index (κ3) is 9.37. The lowest BCUT2D eigenvalue weighted by atomic mass is 9.72. The van der Waals surface area contributed by atoms with Gasteiger partial charge in [-0.3, -0.25) is 19.8 Å². The van der Waals surface area contributed by atoms with E-state index in [0.29, 0.717) is 62.5 Å². The number of aromatic amines is 1. The number of sulfonamides is 1. The van der Waals surface area contributed by atoms with Gasteiger partial charge in [0.2, 0.25) is 5.88 Å². The lowest BCUT2D eigenvalue weighted by Gasteiger charge is -2.39. The fourth-order valence-electron chi connectivity index (χ4n) is 8.79. The number of halogens is 1. The molecule has 3 aliphatic heterocycles. The summed E-state index contributed by atoms with van der Waals surface area (Å²) in [5.74, 6) is 0.225. The Kier molecular flexibility index (Phi) is 12.2. The first-order chi connectivity index (χ1) is 30.8. The number of amides is 1. The zero-order valence-corrected chi connectivity index (χ0v) is 37.2. The Morgan fingerprint density at radius 2 is 1.81 bits per heavy atom. The SMILES string of the molecule is CC1(C)CCC(CN2CCN(c3ccc(C(=O)NS(=O)(=O)c4ccc(NC[C@H]5COCCO5)c([N+](=O)[O-])c4)c(N4CCOc5nc6[nH]ccc6cc54)n3)CC2)=C(c2ccc(Cl)cc2)C1. The van der Waals surface area contributed by atoms with E-state index in [1.54, 1.807) is 18.3 Å². The van der Waals surface area contributed by atoms with Crippen LogP contribution in [0.2, 0.25) is 5.02 Å². The van der Waals surface area contributed by atoms with E-state index in [4.69, 9.17) is 30.8 Å². The molecule has 1 atom stereocenters. The molecule has 1 aliphatic carbocycles. The number of anilines is 4. The van der Waals surface area contributed by atoms with E-state index in [9.17, 15) is 23.3 Å². The summed E-state index contributed by atoms with van der Waals surface area (Å²) in [5, 5.41) is 16.6. The normalized spacial score (nSPS) is 19.3. The van der Waals surface area contributed by atoms with Crippen LogP contribution < -0.4 is 24.6 Å². The predicted octanol–water partition coefficient (Wildman–Crippen LogP) is 6.78. The van der Waals surface area contributed by atoms with Crippen molar-refractivity contribution in [3.05, 3.63) is 105 Å². The quantitative estimate of drug-likeness (QED) is 0.0875. The molecule has 2 aromatic carbocycles. The second-order valence-electron chi connectivity index (χ2n) is 17.3. The Balaban J connectivity index is 0.975. The number of nitro groups is 1. The van der Waals surface area contributed by atoms with E-state index < -0.39 is 31.4 Å². The van der Waals surface area contributed by atoms with Crippen molar-refractivity contribution in [2.24, 2.45) is 5.41 Å². The molecule has 5 aromatic rings. The van der Waals surface area contributed by atoms with Gasteiger partial charge in [-0.25, -0.2) is 18.1 Å². The van der Waals surface area contributed by atoms with Gasteiger partial charge < -0.3 is 34.3 Å². The summed E-state index contributed by atoms with van der Waals surface area (Å²) in [5.41, 5.74) is 5.09. The molecule has 0 unspecified atom stereocenters. The number of aromatic nitrogens is 3. The van der Waals surface area contributed by atoms with E-state index in [-0.39, 0.29) is 41.7 Å². The lowest BCUT2D eigenvalue weighted by Crippen LogP contribution is -2.47. The molecule has 9 rings (SSSR count). The van der Waals surface area contributed by atoms with Gasteiger partial charge in [0.05, 0.1) is 47.9 Å². The summed E-state index contributed by atoms with van der Waals surface area (Å²) < 4.78 is 46.8. The number of pyridine rings is 2. The third-order valence-corrected chi connectivity index (χ3v) is 13.9. The molecule has 6 heterocycles. The number of nitrogens with one attached hydrogen (secondary N) is 3. The predicted molar refractivity (Wildman–Crippen MR) is 244 cm³/mol. The fraction of sp³-hybridized carbons (Fsp3) is 0.400. The molecule has 2 fully saturated rings. The number of nitro benzene ring substituents is 1. The van der Waals surface area contributed by atoms with Crippen LogP contribution in [0.15, 0.2) is 83.4 Å². The van der Waals surface area contributed by atoms with Gasteiger partial charge in [0.1, 0.15) is 35.3 Å². The zero-order valence-electron chi connectivity index (χ0n) is 35.6.